The number of aromatic hydroxyl groups is 1. The zero-order valence-electron chi connectivity index (χ0n) is 24.9. The number of aromatic nitrogens is 1. The molecule has 1 aliphatic heterocycles. The molecule has 4 aliphatic rings. The Kier molecular flexibility index (Phi) is 7.50. The molecule has 0 saturated carbocycles. The third kappa shape index (κ3) is 4.67. The van der Waals surface area contributed by atoms with Gasteiger partial charge in [-0.2, -0.15) is 18.2 Å². The molecule has 1 saturated heterocycles. The lowest BCUT2D eigenvalue weighted by Gasteiger charge is -2.42. The van der Waals surface area contributed by atoms with Crippen LogP contribution in [0.5, 0.6) is 17.2 Å². The molecule has 0 bridgehead atoms. The second-order valence-electron chi connectivity index (χ2n) is 11.5. The summed E-state index contributed by atoms with van der Waals surface area (Å²) < 4.78 is 51.1. The van der Waals surface area contributed by atoms with Gasteiger partial charge in [-0.25, -0.2) is 4.98 Å². The molecule has 2 aromatic rings. The number of hydrogen-bond acceptors (Lipinski definition) is 9. The SMILES string of the molecule is COc1cc([C@H]2C3=CC[C@@H]4C(=O)N(N(C)c5nc(C(F)(F)F)ccc5Cl)C(=O)[C@@H]4[C@@H]3CC3=C2C(=O)C(C)=CC3=O)cc(OC)c1O. The Morgan fingerprint density at radius 2 is 1.70 bits per heavy atom. The fraction of sp³-hybridized carbons (Fsp3) is 0.344. The topological polar surface area (TPSA) is 126 Å². The monoisotopic (exact) mass is 657 g/mol. The van der Waals surface area contributed by atoms with E-state index in [0.29, 0.717) is 17.2 Å². The molecule has 3 aliphatic carbocycles. The third-order valence-electron chi connectivity index (χ3n) is 9.10. The number of allylic oxidation sites excluding steroid dienone is 6. The molecule has 10 nitrogen and oxygen atoms in total. The fourth-order valence-electron chi connectivity index (χ4n) is 7.01. The number of ketones is 2. The van der Waals surface area contributed by atoms with Crippen LogP contribution in [0.4, 0.5) is 19.0 Å². The summed E-state index contributed by atoms with van der Waals surface area (Å²) in [4.78, 5) is 58.6. The molecule has 0 radical (unpaired) electrons. The van der Waals surface area contributed by atoms with Crippen LogP contribution in [0.25, 0.3) is 0 Å². The number of phenols is 1. The zero-order chi connectivity index (χ0) is 33.4. The normalized spacial score (nSPS) is 24.3. The van der Waals surface area contributed by atoms with E-state index >= 15 is 0 Å². The molecular formula is C32H27ClF3N3O7. The van der Waals surface area contributed by atoms with E-state index < -0.39 is 59.0 Å². The average molecular weight is 658 g/mol. The summed E-state index contributed by atoms with van der Waals surface area (Å²) in [7, 11) is 3.92. The van der Waals surface area contributed by atoms with Gasteiger partial charge in [-0.15, -0.1) is 0 Å². The number of Topliss-reactive ketones (excluding diaryl/α,β-unsaturated/α-hetero) is 1. The summed E-state index contributed by atoms with van der Waals surface area (Å²) in [6, 6.07) is 4.73. The van der Waals surface area contributed by atoms with Gasteiger partial charge in [0.2, 0.25) is 5.75 Å². The first-order valence-electron chi connectivity index (χ1n) is 14.2. The Morgan fingerprint density at radius 1 is 1.04 bits per heavy atom. The molecule has 6 rings (SSSR count). The van der Waals surface area contributed by atoms with Crippen LogP contribution in [0, 0.1) is 17.8 Å². The van der Waals surface area contributed by atoms with E-state index in [1.165, 1.54) is 46.4 Å². The second kappa shape index (κ2) is 11.0. The van der Waals surface area contributed by atoms with Crippen molar-refractivity contribution in [3.05, 3.63) is 75.0 Å². The number of ether oxygens (including phenoxy) is 2. The Hall–Kier alpha value is -4.65. The number of hydrazine groups is 1. The first kappa shape index (κ1) is 31.3. The lowest BCUT2D eigenvalue weighted by Crippen LogP contribution is -2.46. The van der Waals surface area contributed by atoms with Gasteiger partial charge in [0, 0.05) is 29.7 Å². The van der Waals surface area contributed by atoms with Crippen molar-refractivity contribution in [3.63, 3.8) is 0 Å². The molecule has 1 fully saturated rings. The van der Waals surface area contributed by atoms with Gasteiger partial charge in [-0.05, 0) is 61.6 Å². The number of hydrogen-bond donors (Lipinski definition) is 1. The molecule has 1 N–H and O–H groups in total. The van der Waals surface area contributed by atoms with Gasteiger partial charge in [0.05, 0.1) is 31.1 Å². The maximum atomic E-state index is 14.1. The van der Waals surface area contributed by atoms with Crippen LogP contribution >= 0.6 is 11.6 Å². The minimum absolute atomic E-state index is 0.0152. The summed E-state index contributed by atoms with van der Waals surface area (Å²) in [6.07, 6.45) is -1.71. The summed E-state index contributed by atoms with van der Waals surface area (Å²) in [6.45, 7) is 1.54. The summed E-state index contributed by atoms with van der Waals surface area (Å²) in [5.74, 6) is -6.19. The van der Waals surface area contributed by atoms with Crippen LogP contribution in [-0.2, 0) is 25.4 Å². The molecule has 14 heteroatoms. The Labute approximate surface area is 265 Å². The van der Waals surface area contributed by atoms with Gasteiger partial charge < -0.3 is 14.6 Å². The summed E-state index contributed by atoms with van der Waals surface area (Å²) in [5.41, 5.74) is 0.485. The van der Waals surface area contributed by atoms with Gasteiger partial charge in [0.1, 0.15) is 5.69 Å². The van der Waals surface area contributed by atoms with Gasteiger partial charge in [-0.1, -0.05) is 23.3 Å². The highest BCUT2D eigenvalue weighted by molar-refractivity contribution is 6.33. The second-order valence-corrected chi connectivity index (χ2v) is 11.9. The predicted octanol–water partition coefficient (Wildman–Crippen LogP) is 4.96. The molecule has 1 aromatic heterocycles. The van der Waals surface area contributed by atoms with Crippen molar-refractivity contribution in [2.75, 3.05) is 26.3 Å². The van der Waals surface area contributed by atoms with Crippen molar-refractivity contribution in [1.82, 2.24) is 9.99 Å². The Bertz CT molecular complexity index is 1810. The van der Waals surface area contributed by atoms with E-state index in [1.807, 2.05) is 0 Å². The number of rotatable bonds is 5. The van der Waals surface area contributed by atoms with Crippen molar-refractivity contribution in [3.8, 4) is 17.2 Å². The highest BCUT2D eigenvalue weighted by Gasteiger charge is 2.57. The van der Waals surface area contributed by atoms with E-state index in [2.05, 4.69) is 4.98 Å². The molecule has 0 spiro atoms. The third-order valence-corrected chi connectivity index (χ3v) is 9.40. The van der Waals surface area contributed by atoms with E-state index in [9.17, 15) is 37.5 Å². The van der Waals surface area contributed by atoms with Crippen molar-refractivity contribution < 1.29 is 46.9 Å². The van der Waals surface area contributed by atoms with Crippen LogP contribution in [-0.4, -0.2) is 59.7 Å². The molecule has 46 heavy (non-hydrogen) atoms. The summed E-state index contributed by atoms with van der Waals surface area (Å²) >= 11 is 6.19. The minimum atomic E-state index is -4.80. The number of carbonyl (C=O) groups excluding carboxylic acids is 4. The van der Waals surface area contributed by atoms with Crippen LogP contribution in [0.3, 0.4) is 0 Å². The van der Waals surface area contributed by atoms with Crippen molar-refractivity contribution >= 4 is 40.8 Å². The number of amides is 2. The summed E-state index contributed by atoms with van der Waals surface area (Å²) in [5, 5.41) is 12.0. The van der Waals surface area contributed by atoms with Crippen molar-refractivity contribution in [2.45, 2.75) is 31.9 Å². The van der Waals surface area contributed by atoms with E-state index in [0.717, 1.165) is 16.1 Å². The molecule has 2 heterocycles. The maximum Gasteiger partial charge on any atom is 0.433 e. The number of carbonyl (C=O) groups is 4. The van der Waals surface area contributed by atoms with Crippen molar-refractivity contribution in [1.29, 1.82) is 0 Å². The van der Waals surface area contributed by atoms with Gasteiger partial charge >= 0.3 is 6.18 Å². The number of nitrogens with zero attached hydrogens (tertiary/aromatic N) is 3. The molecule has 240 valence electrons. The van der Waals surface area contributed by atoms with Crippen LogP contribution in [0.2, 0.25) is 5.02 Å². The van der Waals surface area contributed by atoms with Crippen LogP contribution < -0.4 is 14.5 Å². The molecule has 1 aromatic carbocycles. The Morgan fingerprint density at radius 3 is 2.30 bits per heavy atom. The standard InChI is InChI=1S/C32H27ClF3N3O7/c1-13-9-20(40)18-12-17-15(24(26(18)27(13)41)14-10-21(45-3)28(42)22(11-14)46-4)5-6-16-25(17)31(44)39(30(16)43)38(2)29-19(33)7-8-23(37-29)32(34,35)36/h5,7-11,16-17,24-25,42H,6,12H2,1-4H3/t16-,17+,24-,25-/m0/s1. The van der Waals surface area contributed by atoms with E-state index in [4.69, 9.17) is 21.1 Å². The number of methoxy groups -OCH3 is 2. The van der Waals surface area contributed by atoms with Crippen LogP contribution in [0.15, 0.2) is 58.7 Å². The quantitative estimate of drug-likeness (QED) is 0.270. The predicted molar refractivity (Wildman–Crippen MR) is 157 cm³/mol. The number of phenolic OH excluding ortho intramolecular Hbond substituents is 1. The first-order chi connectivity index (χ1) is 21.7. The highest BCUT2D eigenvalue weighted by Crippen LogP contribution is 2.56. The average Bonchev–Trinajstić information content (AvgIpc) is 3.27. The molecule has 2 amide bonds. The molecule has 0 unspecified atom stereocenters. The number of benzene rings is 1. The number of alkyl halides is 3. The lowest BCUT2D eigenvalue weighted by atomic mass is 9.59. The highest BCUT2D eigenvalue weighted by atomic mass is 35.5. The molecular weight excluding hydrogens is 631 g/mol. The number of fused-ring (bicyclic) bond motifs is 3. The lowest BCUT2D eigenvalue weighted by molar-refractivity contribution is -0.141. The first-order valence-corrected chi connectivity index (χ1v) is 14.6. The number of imide groups is 1. The smallest absolute Gasteiger partial charge is 0.433 e. The zero-order valence-corrected chi connectivity index (χ0v) is 25.7. The van der Waals surface area contributed by atoms with E-state index in [-0.39, 0.29) is 57.6 Å². The van der Waals surface area contributed by atoms with Gasteiger partial charge in [0.25, 0.3) is 11.8 Å². The molecule has 4 atom stereocenters. The number of anilines is 1. The largest absolute Gasteiger partial charge is 0.502 e. The fourth-order valence-corrected chi connectivity index (χ4v) is 7.24. The van der Waals surface area contributed by atoms with Crippen LogP contribution in [0.1, 0.15) is 36.9 Å². The maximum absolute atomic E-state index is 14.1. The van der Waals surface area contributed by atoms with Gasteiger partial charge in [0.15, 0.2) is 28.9 Å². The minimum Gasteiger partial charge on any atom is -0.502 e. The van der Waals surface area contributed by atoms with E-state index in [1.54, 1.807) is 6.08 Å². The van der Waals surface area contributed by atoms with Crippen molar-refractivity contribution in [2.24, 2.45) is 17.8 Å². The van der Waals surface area contributed by atoms with Gasteiger partial charge in [-0.3, -0.25) is 24.2 Å². The number of halogens is 4. The Balaban J connectivity index is 1.46. The number of pyridine rings is 1.